The lowest BCUT2D eigenvalue weighted by molar-refractivity contribution is 0.426. The minimum Gasteiger partial charge on any atom is -0.103 e. The highest BCUT2D eigenvalue weighted by Crippen LogP contribution is 2.19. The van der Waals surface area contributed by atoms with Crippen molar-refractivity contribution in [2.45, 2.75) is 136 Å². The van der Waals surface area contributed by atoms with Crippen LogP contribution in [0.25, 0.3) is 0 Å². The molecule has 0 bridgehead atoms. The summed E-state index contributed by atoms with van der Waals surface area (Å²) < 4.78 is 0. The first kappa shape index (κ1) is 27.6. The van der Waals surface area contributed by atoms with Gasteiger partial charge < -0.3 is 0 Å². The molecule has 0 heteroatoms. The van der Waals surface area contributed by atoms with E-state index in [1.54, 1.807) is 0 Å². The van der Waals surface area contributed by atoms with Crippen LogP contribution in [-0.2, 0) is 0 Å². The second-order valence-corrected chi connectivity index (χ2v) is 9.37. The van der Waals surface area contributed by atoms with Crippen LogP contribution in [0.2, 0.25) is 0 Å². The van der Waals surface area contributed by atoms with Crippen molar-refractivity contribution in [1.82, 2.24) is 0 Å². The molecule has 2 radical (unpaired) electrons. The van der Waals surface area contributed by atoms with Crippen LogP contribution in [0.15, 0.2) is 0 Å². The predicted molar refractivity (Wildman–Crippen MR) is 129 cm³/mol. The van der Waals surface area contributed by atoms with E-state index < -0.39 is 0 Å². The van der Waals surface area contributed by atoms with Gasteiger partial charge in [-0.15, -0.1) is 11.8 Å². The van der Waals surface area contributed by atoms with Crippen LogP contribution in [0.1, 0.15) is 136 Å². The molecule has 0 aliphatic carbocycles. The van der Waals surface area contributed by atoms with E-state index in [2.05, 4.69) is 46.5 Å². The van der Waals surface area contributed by atoms with Crippen molar-refractivity contribution in [3.05, 3.63) is 13.8 Å². The molecule has 0 aromatic carbocycles. The molecule has 0 saturated carbocycles. The maximum Gasteiger partial charge on any atom is 0.0174 e. The van der Waals surface area contributed by atoms with Gasteiger partial charge in [0.05, 0.1) is 0 Å². The molecule has 0 N–H and O–H groups in total. The van der Waals surface area contributed by atoms with Gasteiger partial charge in [0.25, 0.3) is 0 Å². The first-order valence-electron chi connectivity index (χ1n) is 12.7. The molecule has 3 unspecified atom stereocenters. The van der Waals surface area contributed by atoms with Gasteiger partial charge in [-0.3, -0.25) is 0 Å². The number of hydrogen-bond acceptors (Lipinski definition) is 0. The third kappa shape index (κ3) is 20.3. The Morgan fingerprint density at radius 2 is 1.00 bits per heavy atom. The molecular weight excluding hydrogens is 336 g/mol. The summed E-state index contributed by atoms with van der Waals surface area (Å²) in [4.78, 5) is 0. The van der Waals surface area contributed by atoms with E-state index in [1.165, 1.54) is 96.3 Å². The first-order chi connectivity index (χ1) is 13.6. The van der Waals surface area contributed by atoms with Gasteiger partial charge in [0.15, 0.2) is 0 Å². The standard InChI is InChI=1S/C28H52/c1-6-8-10-12-13-15-17-20-26(3)22-18-19-23-28(5)25-24-27(4)21-16-14-11-9-7-2/h26-28H,1-2,6-18,20-22,24-25H2,3-5H3. The molecule has 0 rings (SSSR count). The molecular formula is C28H52. The summed E-state index contributed by atoms with van der Waals surface area (Å²) >= 11 is 0. The zero-order chi connectivity index (χ0) is 20.9. The van der Waals surface area contributed by atoms with Crippen molar-refractivity contribution in [1.29, 1.82) is 0 Å². The molecule has 0 amide bonds. The van der Waals surface area contributed by atoms with Gasteiger partial charge >= 0.3 is 0 Å². The molecule has 0 fully saturated rings. The lowest BCUT2D eigenvalue weighted by atomic mass is 9.93. The van der Waals surface area contributed by atoms with Gasteiger partial charge in [-0.05, 0) is 31.1 Å². The highest BCUT2D eigenvalue weighted by atomic mass is 14.1. The second kappa shape index (κ2) is 21.3. The van der Waals surface area contributed by atoms with Gasteiger partial charge in [0.2, 0.25) is 0 Å². The van der Waals surface area contributed by atoms with E-state index in [0.29, 0.717) is 5.92 Å². The zero-order valence-electron chi connectivity index (χ0n) is 19.9. The largest absolute Gasteiger partial charge is 0.103 e. The van der Waals surface area contributed by atoms with Gasteiger partial charge in [-0.2, -0.15) is 0 Å². The topological polar surface area (TPSA) is 0 Å². The molecule has 28 heavy (non-hydrogen) atoms. The van der Waals surface area contributed by atoms with E-state index >= 15 is 0 Å². The van der Waals surface area contributed by atoms with Gasteiger partial charge in [-0.25, -0.2) is 0 Å². The van der Waals surface area contributed by atoms with Gasteiger partial charge in [-0.1, -0.05) is 125 Å². The summed E-state index contributed by atoms with van der Waals surface area (Å²) in [7, 11) is 0. The van der Waals surface area contributed by atoms with Crippen LogP contribution in [0.5, 0.6) is 0 Å². The first-order valence-corrected chi connectivity index (χ1v) is 12.7. The van der Waals surface area contributed by atoms with Crippen LogP contribution >= 0.6 is 0 Å². The van der Waals surface area contributed by atoms with Crippen molar-refractivity contribution in [3.63, 3.8) is 0 Å². The van der Waals surface area contributed by atoms with Gasteiger partial charge in [0.1, 0.15) is 0 Å². The number of rotatable bonds is 19. The Balaban J connectivity index is 3.58. The Kier molecular flexibility index (Phi) is 20.9. The summed E-state index contributed by atoms with van der Waals surface area (Å²) in [5, 5.41) is 0. The van der Waals surface area contributed by atoms with E-state index in [1.807, 2.05) is 0 Å². The summed E-state index contributed by atoms with van der Waals surface area (Å²) in [6.07, 6.45) is 23.8. The SMILES string of the molecule is [CH2]CCCCCCCCC(C)CCC#CC(C)CCC(C)CCCCCC[CH2]. The third-order valence-corrected chi connectivity index (χ3v) is 6.10. The summed E-state index contributed by atoms with van der Waals surface area (Å²) in [6, 6.07) is 0. The average Bonchev–Trinajstić information content (AvgIpc) is 2.68. The minimum atomic E-state index is 0.572. The molecule has 0 aromatic rings. The maximum atomic E-state index is 3.92. The highest BCUT2D eigenvalue weighted by molar-refractivity contribution is 5.02. The highest BCUT2D eigenvalue weighted by Gasteiger charge is 2.05. The molecule has 0 spiro atoms. The molecule has 164 valence electrons. The molecule has 3 atom stereocenters. The van der Waals surface area contributed by atoms with E-state index in [-0.39, 0.29) is 0 Å². The summed E-state index contributed by atoms with van der Waals surface area (Å²) in [5.74, 6) is 9.26. The lowest BCUT2D eigenvalue weighted by Crippen LogP contribution is -1.99. The normalized spacial score (nSPS) is 14.3. The smallest absolute Gasteiger partial charge is 0.0174 e. The molecule has 0 aliphatic rings. The fourth-order valence-corrected chi connectivity index (χ4v) is 3.86. The molecule has 0 nitrogen and oxygen atoms in total. The van der Waals surface area contributed by atoms with Crippen molar-refractivity contribution in [2.75, 3.05) is 0 Å². The number of hydrogen-bond donors (Lipinski definition) is 0. The Morgan fingerprint density at radius 3 is 1.54 bits per heavy atom. The van der Waals surface area contributed by atoms with Crippen LogP contribution in [-0.4, -0.2) is 0 Å². The summed E-state index contributed by atoms with van der Waals surface area (Å²) in [5.41, 5.74) is 0. The molecule has 0 saturated heterocycles. The monoisotopic (exact) mass is 388 g/mol. The predicted octanol–water partition coefficient (Wildman–Crippen LogP) is 9.59. The van der Waals surface area contributed by atoms with Crippen molar-refractivity contribution < 1.29 is 0 Å². The van der Waals surface area contributed by atoms with Gasteiger partial charge in [0, 0.05) is 12.3 Å². The maximum absolute atomic E-state index is 3.92. The van der Waals surface area contributed by atoms with Crippen LogP contribution in [0, 0.1) is 43.4 Å². The lowest BCUT2D eigenvalue weighted by Gasteiger charge is -2.12. The Bertz CT molecular complexity index is 358. The molecule has 0 heterocycles. The second-order valence-electron chi connectivity index (χ2n) is 9.37. The van der Waals surface area contributed by atoms with Crippen LogP contribution in [0.4, 0.5) is 0 Å². The van der Waals surface area contributed by atoms with Crippen LogP contribution < -0.4 is 0 Å². The summed E-state index contributed by atoms with van der Waals surface area (Å²) in [6.45, 7) is 15.0. The Hall–Kier alpha value is -0.440. The minimum absolute atomic E-state index is 0.572. The average molecular weight is 389 g/mol. The van der Waals surface area contributed by atoms with Crippen molar-refractivity contribution >= 4 is 0 Å². The van der Waals surface area contributed by atoms with Crippen molar-refractivity contribution in [2.24, 2.45) is 17.8 Å². The van der Waals surface area contributed by atoms with E-state index in [9.17, 15) is 0 Å². The Labute approximate surface area is 180 Å². The fraction of sp³-hybridized carbons (Fsp3) is 0.857. The Morgan fingerprint density at radius 1 is 0.536 bits per heavy atom. The van der Waals surface area contributed by atoms with Crippen LogP contribution in [0.3, 0.4) is 0 Å². The third-order valence-electron chi connectivity index (χ3n) is 6.10. The quantitative estimate of drug-likeness (QED) is 0.152. The zero-order valence-corrected chi connectivity index (χ0v) is 19.9. The van der Waals surface area contributed by atoms with E-state index in [4.69, 9.17) is 0 Å². The number of unbranched alkanes of at least 4 members (excludes halogenated alkanes) is 10. The molecule has 0 aromatic heterocycles. The fourth-order valence-electron chi connectivity index (χ4n) is 3.86. The van der Waals surface area contributed by atoms with E-state index in [0.717, 1.165) is 31.1 Å². The van der Waals surface area contributed by atoms with Crippen molar-refractivity contribution in [3.8, 4) is 11.8 Å². The molecule has 0 aliphatic heterocycles.